The van der Waals surface area contributed by atoms with Gasteiger partial charge < -0.3 is 15.5 Å². The summed E-state index contributed by atoms with van der Waals surface area (Å²) in [6.07, 6.45) is -3.51. The zero-order chi connectivity index (χ0) is 19.5. The largest absolute Gasteiger partial charge is 0.416 e. The van der Waals surface area contributed by atoms with Crippen LogP contribution in [0.4, 0.5) is 18.9 Å². The number of carbonyl (C=O) groups excluding carboxylic acids is 1. The molecule has 1 amide bonds. The van der Waals surface area contributed by atoms with E-state index >= 15 is 0 Å². The highest BCUT2D eigenvalue weighted by Gasteiger charge is 2.34. The first-order chi connectivity index (χ1) is 12.1. The van der Waals surface area contributed by atoms with E-state index in [-0.39, 0.29) is 41.7 Å². The highest BCUT2D eigenvalue weighted by Crippen LogP contribution is 2.34. The molecule has 0 radical (unpaired) electrons. The zero-order valence-electron chi connectivity index (χ0n) is 16.0. The third kappa shape index (κ3) is 6.87. The SMILES string of the molecule is CNCC1CCN(C(=O)C(Nc2ccc(C(F)(F)F)cc2Cl)C(C)C)C1.Cl.Cl. The van der Waals surface area contributed by atoms with Gasteiger partial charge >= 0.3 is 6.18 Å². The van der Waals surface area contributed by atoms with Crippen molar-refractivity contribution in [1.82, 2.24) is 10.2 Å². The van der Waals surface area contributed by atoms with Gasteiger partial charge in [-0.3, -0.25) is 4.79 Å². The Hall–Kier alpha value is -0.890. The number of amides is 1. The summed E-state index contributed by atoms with van der Waals surface area (Å²) >= 11 is 6.02. The molecule has 2 atom stereocenters. The Balaban J connectivity index is 0.00000364. The van der Waals surface area contributed by atoms with Crippen LogP contribution < -0.4 is 10.6 Å². The number of alkyl halides is 3. The van der Waals surface area contributed by atoms with E-state index in [0.29, 0.717) is 24.7 Å². The van der Waals surface area contributed by atoms with Crippen LogP contribution >= 0.6 is 36.4 Å². The van der Waals surface area contributed by atoms with Crippen LogP contribution in [0.5, 0.6) is 0 Å². The molecule has 2 unspecified atom stereocenters. The number of nitrogens with zero attached hydrogens (tertiary/aromatic N) is 1. The van der Waals surface area contributed by atoms with Crippen LogP contribution in [0.1, 0.15) is 25.8 Å². The molecule has 1 heterocycles. The van der Waals surface area contributed by atoms with E-state index in [4.69, 9.17) is 11.6 Å². The van der Waals surface area contributed by atoms with Crippen molar-refractivity contribution < 1.29 is 18.0 Å². The number of anilines is 1. The first-order valence-electron chi connectivity index (χ1n) is 8.70. The van der Waals surface area contributed by atoms with Crippen molar-refractivity contribution in [3.63, 3.8) is 0 Å². The van der Waals surface area contributed by atoms with Crippen molar-refractivity contribution in [2.24, 2.45) is 11.8 Å². The molecular weight excluding hydrogens is 438 g/mol. The number of carbonyl (C=O) groups is 1. The normalized spacial score (nSPS) is 17.7. The summed E-state index contributed by atoms with van der Waals surface area (Å²) in [4.78, 5) is 14.7. The van der Waals surface area contributed by atoms with Crippen LogP contribution in [-0.4, -0.2) is 43.5 Å². The molecule has 2 rings (SSSR count). The molecule has 1 aliphatic rings. The fourth-order valence-corrected chi connectivity index (χ4v) is 3.41. The van der Waals surface area contributed by atoms with Crippen molar-refractivity contribution in [1.29, 1.82) is 0 Å². The summed E-state index contributed by atoms with van der Waals surface area (Å²) in [6, 6.07) is 2.58. The van der Waals surface area contributed by atoms with Gasteiger partial charge in [0.2, 0.25) is 5.91 Å². The van der Waals surface area contributed by atoms with E-state index in [9.17, 15) is 18.0 Å². The van der Waals surface area contributed by atoms with E-state index in [1.165, 1.54) is 6.07 Å². The maximum Gasteiger partial charge on any atom is 0.416 e. The van der Waals surface area contributed by atoms with Gasteiger partial charge in [0.1, 0.15) is 6.04 Å². The number of hydrogen-bond acceptors (Lipinski definition) is 3. The minimum atomic E-state index is -4.45. The molecule has 1 aromatic carbocycles. The smallest absolute Gasteiger partial charge is 0.372 e. The van der Waals surface area contributed by atoms with Gasteiger partial charge in [-0.1, -0.05) is 25.4 Å². The summed E-state index contributed by atoms with van der Waals surface area (Å²) in [7, 11) is 1.88. The van der Waals surface area contributed by atoms with Gasteiger partial charge in [-0.2, -0.15) is 13.2 Å². The maximum absolute atomic E-state index is 12.9. The van der Waals surface area contributed by atoms with E-state index in [0.717, 1.165) is 25.1 Å². The highest BCUT2D eigenvalue weighted by atomic mass is 35.5. The first kappa shape index (κ1) is 27.1. The predicted molar refractivity (Wildman–Crippen MR) is 112 cm³/mol. The maximum atomic E-state index is 12.9. The number of rotatable bonds is 6. The second-order valence-corrected chi connectivity index (χ2v) is 7.46. The monoisotopic (exact) mass is 463 g/mol. The summed E-state index contributed by atoms with van der Waals surface area (Å²) < 4.78 is 38.3. The van der Waals surface area contributed by atoms with Gasteiger partial charge in [0.25, 0.3) is 0 Å². The predicted octanol–water partition coefficient (Wildman–Crippen LogP) is 4.71. The second kappa shape index (κ2) is 11.3. The van der Waals surface area contributed by atoms with Crippen LogP contribution in [-0.2, 0) is 11.0 Å². The molecule has 1 aromatic rings. The minimum absolute atomic E-state index is 0. The summed E-state index contributed by atoms with van der Waals surface area (Å²) in [5, 5.41) is 6.12. The van der Waals surface area contributed by atoms with E-state index in [1.54, 1.807) is 0 Å². The Morgan fingerprint density at radius 3 is 2.46 bits per heavy atom. The Morgan fingerprint density at radius 2 is 1.96 bits per heavy atom. The van der Waals surface area contributed by atoms with Crippen molar-refractivity contribution >= 4 is 48.0 Å². The molecule has 1 aliphatic heterocycles. The van der Waals surface area contributed by atoms with Gasteiger partial charge in [0, 0.05) is 13.1 Å². The summed E-state index contributed by atoms with van der Waals surface area (Å²) in [5.74, 6) is 0.338. The van der Waals surface area contributed by atoms with Crippen LogP contribution in [0, 0.1) is 11.8 Å². The molecule has 162 valence electrons. The molecule has 0 aliphatic carbocycles. The number of nitrogens with one attached hydrogen (secondary N) is 2. The lowest BCUT2D eigenvalue weighted by atomic mass is 10.0. The fourth-order valence-electron chi connectivity index (χ4n) is 3.17. The molecule has 0 spiro atoms. The molecule has 2 N–H and O–H groups in total. The average molecular weight is 465 g/mol. The van der Waals surface area contributed by atoms with E-state index in [1.807, 2.05) is 25.8 Å². The van der Waals surface area contributed by atoms with E-state index < -0.39 is 17.8 Å². The van der Waals surface area contributed by atoms with Gasteiger partial charge in [0.05, 0.1) is 16.3 Å². The third-order valence-corrected chi connectivity index (χ3v) is 4.94. The Bertz CT molecular complexity index is 644. The standard InChI is InChI=1S/C18H25ClF3N3O.2ClH/c1-11(2)16(17(26)25-7-6-12(10-25)9-23-3)24-15-5-4-13(8-14(15)19)18(20,21)22;;/h4-5,8,11-12,16,23-24H,6-7,9-10H2,1-3H3;2*1H. The minimum Gasteiger partial charge on any atom is -0.372 e. The van der Waals surface area contributed by atoms with Crippen molar-refractivity contribution in [3.8, 4) is 0 Å². The molecular formula is C18H27Cl3F3N3O. The van der Waals surface area contributed by atoms with Gasteiger partial charge in [-0.25, -0.2) is 0 Å². The zero-order valence-corrected chi connectivity index (χ0v) is 18.4. The number of likely N-dealkylation sites (tertiary alicyclic amines) is 1. The summed E-state index contributed by atoms with van der Waals surface area (Å²) in [6.45, 7) is 6.03. The number of benzene rings is 1. The lowest BCUT2D eigenvalue weighted by molar-refractivity contribution is -0.137. The number of hydrogen-bond donors (Lipinski definition) is 2. The third-order valence-electron chi connectivity index (χ3n) is 4.63. The molecule has 10 heteroatoms. The second-order valence-electron chi connectivity index (χ2n) is 7.06. The van der Waals surface area contributed by atoms with Crippen molar-refractivity contribution in [3.05, 3.63) is 28.8 Å². The van der Waals surface area contributed by atoms with Crippen LogP contribution in [0.2, 0.25) is 5.02 Å². The first-order valence-corrected chi connectivity index (χ1v) is 9.08. The molecule has 4 nitrogen and oxygen atoms in total. The Labute approximate surface area is 181 Å². The molecule has 0 saturated carbocycles. The topological polar surface area (TPSA) is 44.4 Å². The van der Waals surface area contributed by atoms with Crippen molar-refractivity contribution in [2.75, 3.05) is 32.0 Å². The average Bonchev–Trinajstić information content (AvgIpc) is 3.01. The molecule has 0 aromatic heterocycles. The van der Waals surface area contributed by atoms with Gasteiger partial charge in [-0.05, 0) is 50.0 Å². The van der Waals surface area contributed by atoms with Gasteiger partial charge in [0.15, 0.2) is 0 Å². The van der Waals surface area contributed by atoms with Crippen LogP contribution in [0.15, 0.2) is 18.2 Å². The lowest BCUT2D eigenvalue weighted by Crippen LogP contribution is -2.45. The van der Waals surface area contributed by atoms with E-state index in [2.05, 4.69) is 10.6 Å². The quantitative estimate of drug-likeness (QED) is 0.641. The number of halogens is 6. The highest BCUT2D eigenvalue weighted by molar-refractivity contribution is 6.33. The summed E-state index contributed by atoms with van der Waals surface area (Å²) in [5.41, 5.74) is -0.479. The van der Waals surface area contributed by atoms with Crippen molar-refractivity contribution in [2.45, 2.75) is 32.5 Å². The van der Waals surface area contributed by atoms with Crippen LogP contribution in [0.3, 0.4) is 0 Å². The van der Waals surface area contributed by atoms with Gasteiger partial charge in [-0.15, -0.1) is 24.8 Å². The molecule has 28 heavy (non-hydrogen) atoms. The Kier molecular flexibility index (Phi) is 11.0. The molecule has 1 fully saturated rings. The Morgan fingerprint density at radius 1 is 1.32 bits per heavy atom. The lowest BCUT2D eigenvalue weighted by Gasteiger charge is -2.28. The van der Waals surface area contributed by atoms with Crippen LogP contribution in [0.25, 0.3) is 0 Å². The fraction of sp³-hybridized carbons (Fsp3) is 0.611. The molecule has 1 saturated heterocycles. The molecule has 0 bridgehead atoms.